The molecule has 3 amide bonds. The van der Waals surface area contributed by atoms with E-state index in [0.717, 1.165) is 11.3 Å². The summed E-state index contributed by atoms with van der Waals surface area (Å²) in [6, 6.07) is 10.8. The summed E-state index contributed by atoms with van der Waals surface area (Å²) in [6.07, 6.45) is 3.04. The predicted octanol–water partition coefficient (Wildman–Crippen LogP) is 2.81. The summed E-state index contributed by atoms with van der Waals surface area (Å²) in [6.45, 7) is 0.307. The number of carbonyl (C=O) groups excluding carboxylic acids is 3. The van der Waals surface area contributed by atoms with Crippen molar-refractivity contribution in [1.82, 2.24) is 15.2 Å². The van der Waals surface area contributed by atoms with E-state index in [1.165, 1.54) is 22.5 Å². The summed E-state index contributed by atoms with van der Waals surface area (Å²) in [4.78, 5) is 42.7. The first kappa shape index (κ1) is 23.0. The average Bonchev–Trinajstić information content (AvgIpc) is 3.50. The molecule has 0 aliphatic heterocycles. The van der Waals surface area contributed by atoms with Crippen LogP contribution in [0, 0.1) is 0 Å². The molecule has 9 nitrogen and oxygen atoms in total. The van der Waals surface area contributed by atoms with Gasteiger partial charge in [0.05, 0.1) is 26.5 Å². The number of rotatable bonds is 11. The standard InChI is InChI=1S/C22H24N4O5S/c1-30-17-6-4-16(5-7-17)13-24-20(28)15-26(14-18-3-2-11-31-18)21(29)9-8-19(27)25-22-23-10-12-32-22/h2-7,10-12H,8-9,13-15H2,1H3,(H,24,28)(H,23,25,27). The smallest absolute Gasteiger partial charge is 0.239 e. The lowest BCUT2D eigenvalue weighted by Gasteiger charge is -2.21. The molecule has 3 rings (SSSR count). The Morgan fingerprint density at radius 2 is 1.94 bits per heavy atom. The van der Waals surface area contributed by atoms with Gasteiger partial charge in [-0.05, 0) is 29.8 Å². The van der Waals surface area contributed by atoms with Crippen LogP contribution in [0.4, 0.5) is 5.13 Å². The van der Waals surface area contributed by atoms with Crippen LogP contribution in [0.15, 0.2) is 58.7 Å². The Bertz CT molecular complexity index is 1000. The van der Waals surface area contributed by atoms with Gasteiger partial charge >= 0.3 is 0 Å². The van der Waals surface area contributed by atoms with Crippen molar-refractivity contribution in [3.8, 4) is 5.75 Å². The second-order valence-corrected chi connectivity index (χ2v) is 7.73. The van der Waals surface area contributed by atoms with Gasteiger partial charge < -0.3 is 24.7 Å². The maximum Gasteiger partial charge on any atom is 0.239 e. The van der Waals surface area contributed by atoms with Gasteiger partial charge in [0.15, 0.2) is 5.13 Å². The fourth-order valence-corrected chi connectivity index (χ4v) is 3.39. The SMILES string of the molecule is COc1ccc(CNC(=O)CN(Cc2ccco2)C(=O)CCC(=O)Nc2nccs2)cc1. The molecule has 0 saturated carbocycles. The normalized spacial score (nSPS) is 10.4. The fourth-order valence-electron chi connectivity index (χ4n) is 2.84. The van der Waals surface area contributed by atoms with Gasteiger partial charge in [0.25, 0.3) is 0 Å². The molecule has 0 aliphatic rings. The number of ether oxygens (including phenoxy) is 1. The van der Waals surface area contributed by atoms with Crippen LogP contribution in [0.3, 0.4) is 0 Å². The van der Waals surface area contributed by atoms with Crippen molar-refractivity contribution in [2.45, 2.75) is 25.9 Å². The van der Waals surface area contributed by atoms with E-state index in [2.05, 4.69) is 15.6 Å². The zero-order valence-corrected chi connectivity index (χ0v) is 18.4. The molecule has 0 bridgehead atoms. The molecule has 0 fully saturated rings. The molecule has 168 valence electrons. The molecule has 0 spiro atoms. The number of hydrogen-bond acceptors (Lipinski definition) is 7. The minimum absolute atomic E-state index is 0.0134. The van der Waals surface area contributed by atoms with Crippen molar-refractivity contribution in [3.05, 3.63) is 65.6 Å². The number of amides is 3. The molecule has 1 aromatic carbocycles. The van der Waals surface area contributed by atoms with Gasteiger partial charge in [-0.1, -0.05) is 12.1 Å². The summed E-state index contributed by atoms with van der Waals surface area (Å²) < 4.78 is 10.4. The van der Waals surface area contributed by atoms with Gasteiger partial charge in [0, 0.05) is 31.0 Å². The van der Waals surface area contributed by atoms with Crippen LogP contribution in [-0.4, -0.2) is 41.3 Å². The third-order valence-corrected chi connectivity index (χ3v) is 5.20. The van der Waals surface area contributed by atoms with Gasteiger partial charge in [0.1, 0.15) is 11.5 Å². The zero-order chi connectivity index (χ0) is 22.8. The molecule has 0 atom stereocenters. The summed E-state index contributed by atoms with van der Waals surface area (Å²) in [5.41, 5.74) is 0.905. The fraction of sp³-hybridized carbons (Fsp3) is 0.273. The second-order valence-electron chi connectivity index (χ2n) is 6.84. The molecule has 10 heteroatoms. The van der Waals surface area contributed by atoms with E-state index >= 15 is 0 Å². The molecule has 3 aromatic rings. The van der Waals surface area contributed by atoms with Crippen LogP contribution in [0.1, 0.15) is 24.2 Å². The molecule has 0 unspecified atom stereocenters. The Labute approximate surface area is 189 Å². The number of hydrogen-bond donors (Lipinski definition) is 2. The molecule has 32 heavy (non-hydrogen) atoms. The monoisotopic (exact) mass is 456 g/mol. The number of aromatic nitrogens is 1. The summed E-state index contributed by atoms with van der Waals surface area (Å²) in [5, 5.41) is 7.67. The number of nitrogens with one attached hydrogen (secondary N) is 2. The number of nitrogens with zero attached hydrogens (tertiary/aromatic N) is 2. The Kier molecular flexibility index (Phi) is 8.38. The highest BCUT2D eigenvalue weighted by atomic mass is 32.1. The van der Waals surface area contributed by atoms with E-state index in [1.54, 1.807) is 30.8 Å². The van der Waals surface area contributed by atoms with Crippen LogP contribution in [-0.2, 0) is 27.5 Å². The van der Waals surface area contributed by atoms with E-state index in [4.69, 9.17) is 9.15 Å². The van der Waals surface area contributed by atoms with E-state index in [-0.39, 0.29) is 43.7 Å². The molecule has 2 N–H and O–H groups in total. The summed E-state index contributed by atoms with van der Waals surface area (Å²) in [7, 11) is 1.59. The van der Waals surface area contributed by atoms with Gasteiger partial charge in [0.2, 0.25) is 17.7 Å². The Hall–Kier alpha value is -3.66. The van der Waals surface area contributed by atoms with Crippen LogP contribution in [0.2, 0.25) is 0 Å². The molecule has 0 radical (unpaired) electrons. The molecule has 2 aromatic heterocycles. The second kappa shape index (κ2) is 11.7. The molecule has 2 heterocycles. The highest BCUT2D eigenvalue weighted by Gasteiger charge is 2.20. The Morgan fingerprint density at radius 1 is 1.12 bits per heavy atom. The summed E-state index contributed by atoms with van der Waals surface area (Å²) in [5.74, 6) is 0.334. The minimum Gasteiger partial charge on any atom is -0.497 e. The van der Waals surface area contributed by atoms with Crippen LogP contribution in [0.25, 0.3) is 0 Å². The quantitative estimate of drug-likeness (QED) is 0.459. The summed E-state index contributed by atoms with van der Waals surface area (Å²) >= 11 is 1.30. The third kappa shape index (κ3) is 7.24. The predicted molar refractivity (Wildman–Crippen MR) is 119 cm³/mol. The van der Waals surface area contributed by atoms with Gasteiger partial charge in [-0.15, -0.1) is 11.3 Å². The van der Waals surface area contributed by atoms with E-state index < -0.39 is 0 Å². The molecular formula is C22H24N4O5S. The van der Waals surface area contributed by atoms with Gasteiger partial charge in [-0.2, -0.15) is 0 Å². The van der Waals surface area contributed by atoms with Gasteiger partial charge in [-0.3, -0.25) is 14.4 Å². The Balaban J connectivity index is 1.53. The number of methoxy groups -OCH3 is 1. The zero-order valence-electron chi connectivity index (χ0n) is 17.6. The molecule has 0 saturated heterocycles. The number of anilines is 1. The highest BCUT2D eigenvalue weighted by molar-refractivity contribution is 7.13. The van der Waals surface area contributed by atoms with Crippen molar-refractivity contribution in [2.24, 2.45) is 0 Å². The maximum atomic E-state index is 12.8. The number of benzene rings is 1. The number of carbonyl (C=O) groups is 3. The highest BCUT2D eigenvalue weighted by Crippen LogP contribution is 2.13. The lowest BCUT2D eigenvalue weighted by Crippen LogP contribution is -2.40. The van der Waals surface area contributed by atoms with Crippen LogP contribution < -0.4 is 15.4 Å². The largest absolute Gasteiger partial charge is 0.497 e. The number of thiazole rings is 1. The van der Waals surface area contributed by atoms with Crippen molar-refractivity contribution in [3.63, 3.8) is 0 Å². The molecule has 0 aliphatic carbocycles. The first-order chi connectivity index (χ1) is 15.5. The minimum atomic E-state index is -0.324. The maximum absolute atomic E-state index is 12.8. The van der Waals surface area contributed by atoms with E-state index in [1.807, 2.05) is 24.3 Å². The van der Waals surface area contributed by atoms with Crippen molar-refractivity contribution in [1.29, 1.82) is 0 Å². The van der Waals surface area contributed by atoms with E-state index in [9.17, 15) is 14.4 Å². The third-order valence-electron chi connectivity index (χ3n) is 4.51. The topological polar surface area (TPSA) is 114 Å². The molecular weight excluding hydrogens is 432 g/mol. The first-order valence-electron chi connectivity index (χ1n) is 9.92. The lowest BCUT2D eigenvalue weighted by atomic mass is 10.2. The van der Waals surface area contributed by atoms with Crippen LogP contribution >= 0.6 is 11.3 Å². The van der Waals surface area contributed by atoms with Crippen molar-refractivity contribution in [2.75, 3.05) is 19.0 Å². The van der Waals surface area contributed by atoms with Crippen molar-refractivity contribution >= 4 is 34.2 Å². The lowest BCUT2D eigenvalue weighted by molar-refractivity contribution is -0.137. The van der Waals surface area contributed by atoms with Crippen LogP contribution in [0.5, 0.6) is 5.75 Å². The van der Waals surface area contributed by atoms with Gasteiger partial charge in [-0.25, -0.2) is 4.98 Å². The first-order valence-corrected chi connectivity index (χ1v) is 10.8. The van der Waals surface area contributed by atoms with Crippen molar-refractivity contribution < 1.29 is 23.5 Å². The number of furan rings is 1. The Morgan fingerprint density at radius 3 is 2.59 bits per heavy atom. The average molecular weight is 457 g/mol. The van der Waals surface area contributed by atoms with E-state index in [0.29, 0.717) is 17.4 Å².